The monoisotopic (exact) mass is 484 g/mol. The van der Waals surface area contributed by atoms with Gasteiger partial charge in [0, 0.05) is 18.3 Å². The van der Waals surface area contributed by atoms with Crippen molar-refractivity contribution in [2.45, 2.75) is 13.0 Å². The Morgan fingerprint density at radius 3 is 2.55 bits per heavy atom. The molecule has 0 aliphatic heterocycles. The number of carbonyl (C=O) groups excluding carboxylic acids is 1. The number of nitrogens with zero attached hydrogens (tertiary/aromatic N) is 2. The van der Waals surface area contributed by atoms with Crippen molar-refractivity contribution in [1.29, 1.82) is 0 Å². The Morgan fingerprint density at radius 2 is 1.90 bits per heavy atom. The van der Waals surface area contributed by atoms with Crippen LogP contribution in [0.4, 0.5) is 5.82 Å². The molecule has 0 aliphatic carbocycles. The van der Waals surface area contributed by atoms with Crippen LogP contribution >= 0.6 is 34.8 Å². The van der Waals surface area contributed by atoms with Crippen LogP contribution in [0, 0.1) is 6.92 Å². The number of aliphatic hydroxyl groups is 2. The van der Waals surface area contributed by atoms with Gasteiger partial charge in [0.05, 0.1) is 51.0 Å². The SMILES string of the molecule is Cc1cc(=O)c2c(NCC(O)C(=O)NCCO)ncc(Cl)c2n1-c1c(Cl)cccc1Cl. The molecular formula is C20H19Cl3N4O4. The van der Waals surface area contributed by atoms with Gasteiger partial charge in [-0.3, -0.25) is 9.59 Å². The molecule has 0 saturated carbocycles. The summed E-state index contributed by atoms with van der Waals surface area (Å²) in [6.07, 6.45) is -0.0744. The summed E-state index contributed by atoms with van der Waals surface area (Å²) in [5.41, 5.74) is 0.979. The number of nitrogens with one attached hydrogen (secondary N) is 2. The molecule has 0 saturated heterocycles. The first-order chi connectivity index (χ1) is 14.8. The maximum Gasteiger partial charge on any atom is 0.250 e. The lowest BCUT2D eigenvalue weighted by atomic mass is 10.1. The maximum absolute atomic E-state index is 12.9. The van der Waals surface area contributed by atoms with Crippen LogP contribution in [-0.4, -0.2) is 51.5 Å². The number of pyridine rings is 2. The normalized spacial score (nSPS) is 12.1. The van der Waals surface area contributed by atoms with Crippen molar-refractivity contribution in [3.8, 4) is 5.69 Å². The molecule has 3 rings (SSSR count). The third-order valence-corrected chi connectivity index (χ3v) is 5.39. The van der Waals surface area contributed by atoms with Crippen LogP contribution < -0.4 is 16.1 Å². The zero-order chi connectivity index (χ0) is 22.7. The number of aromatic nitrogens is 2. The summed E-state index contributed by atoms with van der Waals surface area (Å²) >= 11 is 19.2. The first-order valence-electron chi connectivity index (χ1n) is 9.22. The van der Waals surface area contributed by atoms with Crippen LogP contribution in [0.2, 0.25) is 15.1 Å². The van der Waals surface area contributed by atoms with Crippen molar-refractivity contribution in [2.24, 2.45) is 0 Å². The highest BCUT2D eigenvalue weighted by Gasteiger charge is 2.21. The number of anilines is 1. The number of benzene rings is 1. The Labute approximate surface area is 192 Å². The van der Waals surface area contributed by atoms with E-state index in [-0.39, 0.29) is 41.4 Å². The summed E-state index contributed by atoms with van der Waals surface area (Å²) in [4.78, 5) is 28.8. The van der Waals surface area contributed by atoms with E-state index in [1.54, 1.807) is 29.7 Å². The van der Waals surface area contributed by atoms with Crippen molar-refractivity contribution in [3.05, 3.63) is 61.4 Å². The first kappa shape index (κ1) is 23.3. The number of carbonyl (C=O) groups is 1. The molecule has 1 atom stereocenters. The molecule has 1 unspecified atom stereocenters. The number of rotatable bonds is 7. The second-order valence-electron chi connectivity index (χ2n) is 6.65. The number of fused-ring (bicyclic) bond motifs is 1. The fraction of sp³-hybridized carbons (Fsp3) is 0.250. The quantitative estimate of drug-likeness (QED) is 0.409. The molecule has 31 heavy (non-hydrogen) atoms. The average Bonchev–Trinajstić information content (AvgIpc) is 2.73. The molecule has 8 nitrogen and oxygen atoms in total. The van der Waals surface area contributed by atoms with Gasteiger partial charge in [-0.1, -0.05) is 40.9 Å². The number of amides is 1. The number of aliphatic hydroxyl groups excluding tert-OH is 2. The van der Waals surface area contributed by atoms with Crippen LogP contribution in [0.5, 0.6) is 0 Å². The summed E-state index contributed by atoms with van der Waals surface area (Å²) in [5.74, 6) is -0.536. The minimum Gasteiger partial charge on any atom is -0.395 e. The smallest absolute Gasteiger partial charge is 0.250 e. The summed E-state index contributed by atoms with van der Waals surface area (Å²) in [6.45, 7) is 1.26. The predicted molar refractivity (Wildman–Crippen MR) is 122 cm³/mol. The van der Waals surface area contributed by atoms with Crippen LogP contribution in [-0.2, 0) is 4.79 Å². The average molecular weight is 486 g/mol. The lowest BCUT2D eigenvalue weighted by Gasteiger charge is -2.20. The molecule has 0 fully saturated rings. The number of hydrogen-bond donors (Lipinski definition) is 4. The van der Waals surface area contributed by atoms with Crippen molar-refractivity contribution >= 4 is 57.4 Å². The summed E-state index contributed by atoms with van der Waals surface area (Å²) in [7, 11) is 0. The second kappa shape index (κ2) is 9.84. The van der Waals surface area contributed by atoms with Gasteiger partial charge in [-0.2, -0.15) is 0 Å². The van der Waals surface area contributed by atoms with Gasteiger partial charge in [0.25, 0.3) is 5.91 Å². The molecule has 11 heteroatoms. The second-order valence-corrected chi connectivity index (χ2v) is 7.87. The molecule has 2 aromatic heterocycles. The molecule has 1 amide bonds. The Balaban J connectivity index is 2.12. The van der Waals surface area contributed by atoms with Crippen LogP contribution in [0.1, 0.15) is 5.69 Å². The molecule has 2 heterocycles. The Kier molecular flexibility index (Phi) is 7.40. The molecule has 164 valence electrons. The molecule has 0 spiro atoms. The third-order valence-electron chi connectivity index (χ3n) is 4.51. The van der Waals surface area contributed by atoms with E-state index in [4.69, 9.17) is 39.9 Å². The fourth-order valence-corrected chi connectivity index (χ4v) is 3.94. The zero-order valence-electron chi connectivity index (χ0n) is 16.3. The molecule has 0 radical (unpaired) electrons. The Bertz CT molecular complexity index is 1180. The molecule has 3 aromatic rings. The van der Waals surface area contributed by atoms with Gasteiger partial charge in [0.2, 0.25) is 0 Å². The molecule has 0 bridgehead atoms. The van der Waals surface area contributed by atoms with E-state index < -0.39 is 12.0 Å². The van der Waals surface area contributed by atoms with Crippen molar-refractivity contribution in [1.82, 2.24) is 14.9 Å². The van der Waals surface area contributed by atoms with Gasteiger partial charge in [-0.05, 0) is 19.1 Å². The van der Waals surface area contributed by atoms with Crippen LogP contribution in [0.25, 0.3) is 16.6 Å². The highest BCUT2D eigenvalue weighted by atomic mass is 35.5. The Hall–Kier alpha value is -2.36. The van der Waals surface area contributed by atoms with Crippen molar-refractivity contribution in [3.63, 3.8) is 0 Å². The van der Waals surface area contributed by atoms with Crippen molar-refractivity contribution < 1.29 is 15.0 Å². The van der Waals surface area contributed by atoms with Gasteiger partial charge < -0.3 is 25.4 Å². The maximum atomic E-state index is 12.9. The van der Waals surface area contributed by atoms with E-state index in [9.17, 15) is 14.7 Å². The number of aryl methyl sites for hydroxylation is 1. The highest BCUT2D eigenvalue weighted by molar-refractivity contribution is 6.38. The minimum absolute atomic E-state index is 0.0145. The standard InChI is InChI=1S/C20H19Cl3N4O4/c1-10-7-14(29)16-18(27(10)17-11(21)3-2-4-12(17)22)13(23)8-25-19(16)26-9-15(30)20(31)24-5-6-28/h2-4,7-8,15,28,30H,5-6,9H2,1H3,(H,24,31)(H,25,26). The molecule has 4 N–H and O–H groups in total. The van der Waals surface area contributed by atoms with Gasteiger partial charge in [0.15, 0.2) is 5.43 Å². The summed E-state index contributed by atoms with van der Waals surface area (Å²) in [6, 6.07) is 6.44. The molecule has 0 aliphatic rings. The largest absolute Gasteiger partial charge is 0.395 e. The molecule has 1 aromatic carbocycles. The predicted octanol–water partition coefficient (Wildman–Crippen LogP) is 2.54. The first-order valence-corrected chi connectivity index (χ1v) is 10.4. The topological polar surface area (TPSA) is 116 Å². The van der Waals surface area contributed by atoms with E-state index in [1.807, 2.05) is 0 Å². The fourth-order valence-electron chi connectivity index (χ4n) is 3.14. The van der Waals surface area contributed by atoms with E-state index in [1.165, 1.54) is 12.3 Å². The van der Waals surface area contributed by atoms with Gasteiger partial charge >= 0.3 is 0 Å². The highest BCUT2D eigenvalue weighted by Crippen LogP contribution is 2.35. The van der Waals surface area contributed by atoms with Crippen LogP contribution in [0.15, 0.2) is 35.3 Å². The van der Waals surface area contributed by atoms with E-state index in [0.717, 1.165) is 0 Å². The lowest BCUT2D eigenvalue weighted by molar-refractivity contribution is -0.128. The molecular weight excluding hydrogens is 467 g/mol. The van der Waals surface area contributed by atoms with Crippen molar-refractivity contribution in [2.75, 3.05) is 25.0 Å². The number of halogens is 3. The summed E-state index contributed by atoms with van der Waals surface area (Å²) < 4.78 is 1.67. The number of hydrogen-bond acceptors (Lipinski definition) is 6. The third kappa shape index (κ3) is 4.78. The van der Waals surface area contributed by atoms with E-state index in [2.05, 4.69) is 15.6 Å². The Morgan fingerprint density at radius 1 is 1.23 bits per heavy atom. The summed E-state index contributed by atoms with van der Waals surface area (Å²) in [5, 5.41) is 25.0. The van der Waals surface area contributed by atoms with Gasteiger partial charge in [-0.15, -0.1) is 0 Å². The zero-order valence-corrected chi connectivity index (χ0v) is 18.6. The van der Waals surface area contributed by atoms with Gasteiger partial charge in [0.1, 0.15) is 11.9 Å². The van der Waals surface area contributed by atoms with E-state index >= 15 is 0 Å². The minimum atomic E-state index is -1.43. The van der Waals surface area contributed by atoms with Gasteiger partial charge in [-0.25, -0.2) is 4.98 Å². The van der Waals surface area contributed by atoms with E-state index in [0.29, 0.717) is 26.9 Å². The van der Waals surface area contributed by atoms with Crippen LogP contribution in [0.3, 0.4) is 0 Å². The lowest BCUT2D eigenvalue weighted by Crippen LogP contribution is -2.40. The number of para-hydroxylation sites is 1.